The number of fused-ring (bicyclic) bond motifs is 1. The Morgan fingerprint density at radius 3 is 2.57 bits per heavy atom. The summed E-state index contributed by atoms with van der Waals surface area (Å²) in [6, 6.07) is 5.88. The maximum absolute atomic E-state index is 13.4. The molecular formula is C23H23F4IN6O. The summed E-state index contributed by atoms with van der Waals surface area (Å²) in [6.07, 6.45) is 1.05. The fraction of sp³-hybridized carbons (Fsp3) is 0.391. The molecule has 3 N–H and O–H groups in total. The third-order valence-electron chi connectivity index (χ3n) is 5.72. The van der Waals surface area contributed by atoms with Gasteiger partial charge in [0.1, 0.15) is 12.4 Å². The van der Waals surface area contributed by atoms with Crippen molar-refractivity contribution in [2.24, 2.45) is 0 Å². The third kappa shape index (κ3) is 6.47. The van der Waals surface area contributed by atoms with Gasteiger partial charge in [0, 0.05) is 45.7 Å². The van der Waals surface area contributed by atoms with Crippen LogP contribution in [0.5, 0.6) is 0 Å². The quantitative estimate of drug-likeness (QED) is 0.255. The second-order valence-corrected chi connectivity index (χ2v) is 9.55. The minimum absolute atomic E-state index is 0.0817. The van der Waals surface area contributed by atoms with E-state index in [4.69, 9.17) is 0 Å². The first-order valence-corrected chi connectivity index (χ1v) is 12.2. The maximum Gasteiger partial charge on any atom is 0.433 e. The van der Waals surface area contributed by atoms with E-state index in [2.05, 4.69) is 53.5 Å². The maximum atomic E-state index is 13.4. The number of nitrogens with zero attached hydrogens (tertiary/aromatic N) is 3. The molecule has 1 aliphatic carbocycles. The lowest BCUT2D eigenvalue weighted by atomic mass is 9.90. The van der Waals surface area contributed by atoms with E-state index in [-0.39, 0.29) is 41.6 Å². The summed E-state index contributed by atoms with van der Waals surface area (Å²) in [5, 5.41) is 9.55. The number of aromatic nitrogens is 3. The monoisotopic (exact) mass is 602 g/mol. The first kappa shape index (κ1) is 25.3. The number of amides is 1. The summed E-state index contributed by atoms with van der Waals surface area (Å²) in [5.74, 6) is -0.102. The number of nitrogens with one attached hydrogen (secondary N) is 3. The molecule has 0 unspecified atom stereocenters. The molecule has 2 aromatic heterocycles. The topological polar surface area (TPSA) is 91.8 Å². The molecule has 0 bridgehead atoms. The van der Waals surface area contributed by atoms with E-state index in [0.717, 1.165) is 28.9 Å². The molecule has 7 nitrogen and oxygen atoms in total. The summed E-state index contributed by atoms with van der Waals surface area (Å²) >= 11 is 2.11. The van der Waals surface area contributed by atoms with E-state index < -0.39 is 18.5 Å². The highest BCUT2D eigenvalue weighted by Gasteiger charge is 2.34. The van der Waals surface area contributed by atoms with Crippen molar-refractivity contribution >= 4 is 51.0 Å². The molecule has 35 heavy (non-hydrogen) atoms. The number of hydrogen-bond acceptors (Lipinski definition) is 6. The first-order valence-electron chi connectivity index (χ1n) is 11.1. The van der Waals surface area contributed by atoms with Crippen LogP contribution in [-0.2, 0) is 6.18 Å². The molecule has 2 heterocycles. The van der Waals surface area contributed by atoms with Crippen molar-refractivity contribution in [1.29, 1.82) is 0 Å². The number of alkyl halides is 4. The number of carbonyl (C=O) groups excluding carboxylic acids is 1. The highest BCUT2D eigenvalue weighted by atomic mass is 127. The van der Waals surface area contributed by atoms with E-state index in [9.17, 15) is 22.4 Å². The summed E-state index contributed by atoms with van der Waals surface area (Å²) in [4.78, 5) is 24.4. The second-order valence-electron chi connectivity index (χ2n) is 8.30. The van der Waals surface area contributed by atoms with E-state index in [1.165, 1.54) is 12.4 Å². The normalized spacial score (nSPS) is 18.3. The lowest BCUT2D eigenvalue weighted by Gasteiger charge is -2.31. The second kappa shape index (κ2) is 10.9. The molecule has 4 rings (SSSR count). The van der Waals surface area contributed by atoms with Gasteiger partial charge in [0.15, 0.2) is 0 Å². The molecule has 1 aliphatic rings. The molecule has 1 saturated carbocycles. The minimum atomic E-state index is -4.56. The van der Waals surface area contributed by atoms with Gasteiger partial charge in [0.05, 0.1) is 11.1 Å². The molecule has 2 atom stereocenters. The van der Waals surface area contributed by atoms with Gasteiger partial charge in [-0.05, 0) is 72.5 Å². The van der Waals surface area contributed by atoms with E-state index in [1.54, 1.807) is 18.2 Å². The largest absolute Gasteiger partial charge is 0.433 e. The van der Waals surface area contributed by atoms with Gasteiger partial charge in [-0.25, -0.2) is 19.3 Å². The first-order chi connectivity index (χ1) is 16.7. The van der Waals surface area contributed by atoms with Gasteiger partial charge in [0.2, 0.25) is 5.95 Å². The molecule has 1 aromatic carbocycles. The highest BCUT2D eigenvalue weighted by Crippen LogP contribution is 2.35. The van der Waals surface area contributed by atoms with E-state index in [1.807, 2.05) is 0 Å². The predicted molar refractivity (Wildman–Crippen MR) is 133 cm³/mol. The van der Waals surface area contributed by atoms with Gasteiger partial charge in [-0.2, -0.15) is 13.2 Å². The number of anilines is 2. The standard InChI is InChI=1S/C23H23F4IN6O/c24-6-7-29-22-30-11-13(12-31-22)21(35)33-16-3-1-2-15(9-16)32-19-10-20(23(25,26)27)34-18-5-4-14(28)8-17(18)19/h4-5,8,10-12,15-16H,1-3,6-7,9H2,(H,32,34)(H,33,35)(H,29,30,31)/t15-,16+/m0/s1. The predicted octanol–water partition coefficient (Wildman–Crippen LogP) is 5.18. The van der Waals surface area contributed by atoms with Gasteiger partial charge >= 0.3 is 6.18 Å². The fourth-order valence-electron chi connectivity index (χ4n) is 4.10. The molecule has 0 aliphatic heterocycles. The molecule has 3 aromatic rings. The van der Waals surface area contributed by atoms with Crippen LogP contribution in [0, 0.1) is 3.57 Å². The number of rotatable bonds is 7. The number of hydrogen-bond donors (Lipinski definition) is 3. The van der Waals surface area contributed by atoms with Crippen molar-refractivity contribution in [3.63, 3.8) is 0 Å². The number of carbonyl (C=O) groups is 1. The van der Waals surface area contributed by atoms with Crippen molar-refractivity contribution < 1.29 is 22.4 Å². The number of benzene rings is 1. The van der Waals surface area contributed by atoms with Gasteiger partial charge in [-0.1, -0.05) is 0 Å². The zero-order chi connectivity index (χ0) is 25.0. The summed E-state index contributed by atoms with van der Waals surface area (Å²) in [6.45, 7) is -0.479. The van der Waals surface area contributed by atoms with Crippen LogP contribution in [0.3, 0.4) is 0 Å². The van der Waals surface area contributed by atoms with Crippen molar-refractivity contribution in [2.75, 3.05) is 23.9 Å². The smallest absolute Gasteiger partial charge is 0.382 e. The van der Waals surface area contributed by atoms with Gasteiger partial charge in [-0.15, -0.1) is 0 Å². The van der Waals surface area contributed by atoms with Crippen molar-refractivity contribution in [2.45, 2.75) is 43.9 Å². The Kier molecular flexibility index (Phi) is 7.87. The van der Waals surface area contributed by atoms with Crippen LogP contribution in [0.1, 0.15) is 41.7 Å². The van der Waals surface area contributed by atoms with Gasteiger partial charge < -0.3 is 16.0 Å². The van der Waals surface area contributed by atoms with Crippen molar-refractivity contribution in [3.05, 3.63) is 51.5 Å². The number of pyridine rings is 1. The molecule has 1 fully saturated rings. The molecule has 0 spiro atoms. The van der Waals surface area contributed by atoms with E-state index in [0.29, 0.717) is 17.5 Å². The average molecular weight is 602 g/mol. The Morgan fingerprint density at radius 2 is 1.86 bits per heavy atom. The van der Waals surface area contributed by atoms with Crippen molar-refractivity contribution in [3.8, 4) is 0 Å². The van der Waals surface area contributed by atoms with Crippen molar-refractivity contribution in [1.82, 2.24) is 20.3 Å². The zero-order valence-corrected chi connectivity index (χ0v) is 20.7. The zero-order valence-electron chi connectivity index (χ0n) is 18.5. The summed E-state index contributed by atoms with van der Waals surface area (Å²) in [5.41, 5.74) is -0.0235. The lowest BCUT2D eigenvalue weighted by molar-refractivity contribution is -0.140. The summed E-state index contributed by atoms with van der Waals surface area (Å²) in [7, 11) is 0. The van der Waals surface area contributed by atoms with Crippen LogP contribution in [0.2, 0.25) is 0 Å². The Morgan fingerprint density at radius 1 is 1.11 bits per heavy atom. The minimum Gasteiger partial charge on any atom is -0.382 e. The molecule has 186 valence electrons. The third-order valence-corrected chi connectivity index (χ3v) is 6.39. The molecule has 12 heteroatoms. The molecule has 0 saturated heterocycles. The molecule has 0 radical (unpaired) electrons. The van der Waals surface area contributed by atoms with Crippen LogP contribution >= 0.6 is 22.6 Å². The lowest BCUT2D eigenvalue weighted by Crippen LogP contribution is -2.42. The van der Waals surface area contributed by atoms with Crippen LogP contribution in [0.4, 0.5) is 29.2 Å². The average Bonchev–Trinajstić information content (AvgIpc) is 2.83. The molecular weight excluding hydrogens is 579 g/mol. The highest BCUT2D eigenvalue weighted by molar-refractivity contribution is 14.1. The Balaban J connectivity index is 1.46. The van der Waals surface area contributed by atoms with Crippen LogP contribution in [0.25, 0.3) is 10.9 Å². The Bertz CT molecular complexity index is 1190. The van der Waals surface area contributed by atoms with Crippen LogP contribution < -0.4 is 16.0 Å². The SMILES string of the molecule is O=C(N[C@@H]1CCC[C@H](Nc2cc(C(F)(F)F)nc3ccc(I)cc23)C1)c1cnc(NCCF)nc1. The van der Waals surface area contributed by atoms with Crippen LogP contribution in [0.15, 0.2) is 36.7 Å². The van der Waals surface area contributed by atoms with Gasteiger partial charge in [0.25, 0.3) is 5.91 Å². The van der Waals surface area contributed by atoms with Gasteiger partial charge in [-0.3, -0.25) is 4.79 Å². The Hall–Kier alpha value is -2.77. The summed E-state index contributed by atoms with van der Waals surface area (Å²) < 4.78 is 53.4. The number of halogens is 5. The Labute approximate surface area is 212 Å². The molecule has 1 amide bonds. The van der Waals surface area contributed by atoms with E-state index >= 15 is 0 Å². The fourth-order valence-corrected chi connectivity index (χ4v) is 4.59. The van der Waals surface area contributed by atoms with Crippen LogP contribution in [-0.4, -0.2) is 46.2 Å².